The fourth-order valence-corrected chi connectivity index (χ4v) is 7.02. The standard InChI is InChI=1S/C35H57IO2/c1-5-6-7-8-9-10-11-12-13-14-15-16-17-18-19-23-27-35(28-26-31(36)34(3,4)29(35)2)33(38)32(37)30-24-21-20-22-25-30/h20-22,24-26,28-29,31-32,37H,5-19,23,27H2,1-4H3. The van der Waals surface area contributed by atoms with Crippen molar-refractivity contribution in [3.8, 4) is 0 Å². The van der Waals surface area contributed by atoms with Crippen LogP contribution >= 0.6 is 22.6 Å². The summed E-state index contributed by atoms with van der Waals surface area (Å²) in [7, 11) is 0. The van der Waals surface area contributed by atoms with E-state index in [1.54, 1.807) is 0 Å². The van der Waals surface area contributed by atoms with E-state index in [2.05, 4.69) is 62.4 Å². The highest BCUT2D eigenvalue weighted by atomic mass is 127. The molecule has 0 radical (unpaired) electrons. The van der Waals surface area contributed by atoms with E-state index in [-0.39, 0.29) is 17.1 Å². The number of rotatable bonds is 20. The summed E-state index contributed by atoms with van der Waals surface area (Å²) in [6.45, 7) is 9.08. The molecule has 0 saturated carbocycles. The van der Waals surface area contributed by atoms with Gasteiger partial charge >= 0.3 is 0 Å². The van der Waals surface area contributed by atoms with Crippen molar-refractivity contribution in [2.45, 2.75) is 147 Å². The summed E-state index contributed by atoms with van der Waals surface area (Å²) in [5, 5.41) is 11.1. The zero-order chi connectivity index (χ0) is 27.9. The molecule has 1 aliphatic rings. The summed E-state index contributed by atoms with van der Waals surface area (Å²) in [5.74, 6) is 0.147. The first-order chi connectivity index (χ1) is 18.3. The first-order valence-corrected chi connectivity index (χ1v) is 17.1. The molecule has 2 nitrogen and oxygen atoms in total. The van der Waals surface area contributed by atoms with Crippen LogP contribution in [0.2, 0.25) is 0 Å². The number of unbranched alkanes of at least 4 members (excludes halogenated alkanes) is 15. The van der Waals surface area contributed by atoms with Crippen LogP contribution in [0.5, 0.6) is 0 Å². The molecule has 216 valence electrons. The van der Waals surface area contributed by atoms with E-state index >= 15 is 0 Å². The van der Waals surface area contributed by atoms with E-state index in [9.17, 15) is 9.90 Å². The van der Waals surface area contributed by atoms with Crippen LogP contribution in [0, 0.1) is 16.7 Å². The second-order valence-corrected chi connectivity index (χ2v) is 13.9. The van der Waals surface area contributed by atoms with Gasteiger partial charge in [0.25, 0.3) is 0 Å². The highest BCUT2D eigenvalue weighted by Crippen LogP contribution is 2.54. The summed E-state index contributed by atoms with van der Waals surface area (Å²) in [4.78, 5) is 13.9. The van der Waals surface area contributed by atoms with Crippen LogP contribution in [0.15, 0.2) is 42.5 Å². The van der Waals surface area contributed by atoms with E-state index in [0.717, 1.165) is 12.8 Å². The van der Waals surface area contributed by atoms with Gasteiger partial charge in [-0.3, -0.25) is 4.79 Å². The Hall–Kier alpha value is -0.680. The summed E-state index contributed by atoms with van der Waals surface area (Å²) < 4.78 is 0.385. The maximum absolute atomic E-state index is 13.9. The highest BCUT2D eigenvalue weighted by molar-refractivity contribution is 14.1. The first kappa shape index (κ1) is 33.5. The molecule has 2 rings (SSSR count). The monoisotopic (exact) mass is 636 g/mol. The van der Waals surface area contributed by atoms with Crippen molar-refractivity contribution in [2.24, 2.45) is 16.7 Å². The number of carbonyl (C=O) groups excluding carboxylic acids is 1. The van der Waals surface area contributed by atoms with Gasteiger partial charge in [0.1, 0.15) is 6.10 Å². The molecule has 0 aliphatic heterocycles. The van der Waals surface area contributed by atoms with Gasteiger partial charge in [0.15, 0.2) is 5.78 Å². The Kier molecular flexibility index (Phi) is 15.8. The molecule has 4 atom stereocenters. The topological polar surface area (TPSA) is 37.3 Å². The highest BCUT2D eigenvalue weighted by Gasteiger charge is 2.52. The second kappa shape index (κ2) is 17.9. The van der Waals surface area contributed by atoms with Crippen LogP contribution in [0.4, 0.5) is 0 Å². The molecule has 1 N–H and O–H groups in total. The van der Waals surface area contributed by atoms with Gasteiger partial charge in [-0.1, -0.05) is 196 Å². The van der Waals surface area contributed by atoms with Crippen molar-refractivity contribution in [1.29, 1.82) is 0 Å². The largest absolute Gasteiger partial charge is 0.381 e. The Balaban J connectivity index is 1.73. The molecular weight excluding hydrogens is 579 g/mol. The molecule has 0 aromatic heterocycles. The third-order valence-electron chi connectivity index (χ3n) is 9.43. The van der Waals surface area contributed by atoms with Crippen LogP contribution in [-0.4, -0.2) is 14.8 Å². The smallest absolute Gasteiger partial charge is 0.175 e. The summed E-state index contributed by atoms with van der Waals surface area (Å²) in [6.07, 6.45) is 25.7. The van der Waals surface area contributed by atoms with Gasteiger partial charge < -0.3 is 5.11 Å². The fourth-order valence-electron chi connectivity index (χ4n) is 6.28. The average molecular weight is 637 g/mol. The summed E-state index contributed by atoms with van der Waals surface area (Å²) >= 11 is 2.50. The molecule has 0 heterocycles. The van der Waals surface area contributed by atoms with E-state index in [1.807, 2.05) is 30.3 Å². The average Bonchev–Trinajstić information content (AvgIpc) is 2.93. The number of alkyl halides is 1. The Morgan fingerprint density at radius 3 is 1.74 bits per heavy atom. The number of halogens is 1. The Labute approximate surface area is 249 Å². The van der Waals surface area contributed by atoms with Crippen LogP contribution in [0.3, 0.4) is 0 Å². The number of aliphatic hydroxyl groups excluding tert-OH is 1. The number of Topliss-reactive ketones (excluding diaryl/α,β-unsaturated/α-hetero) is 1. The maximum Gasteiger partial charge on any atom is 0.175 e. The van der Waals surface area contributed by atoms with Crippen molar-refractivity contribution < 1.29 is 9.90 Å². The van der Waals surface area contributed by atoms with E-state index in [1.165, 1.54) is 96.3 Å². The third-order valence-corrected chi connectivity index (χ3v) is 11.4. The van der Waals surface area contributed by atoms with Crippen molar-refractivity contribution in [2.75, 3.05) is 0 Å². The molecule has 1 aliphatic carbocycles. The zero-order valence-electron chi connectivity index (χ0n) is 25.0. The third kappa shape index (κ3) is 10.1. The quantitative estimate of drug-likeness (QED) is 0.0669. The molecule has 3 heteroatoms. The normalized spacial score (nSPS) is 23.4. The second-order valence-electron chi connectivity index (χ2n) is 12.6. The van der Waals surface area contributed by atoms with Crippen LogP contribution in [0.1, 0.15) is 149 Å². The predicted octanol–water partition coefficient (Wildman–Crippen LogP) is 11.0. The van der Waals surface area contributed by atoms with Crippen molar-refractivity contribution in [1.82, 2.24) is 0 Å². The van der Waals surface area contributed by atoms with Gasteiger partial charge in [0, 0.05) is 3.92 Å². The molecule has 0 amide bonds. The molecule has 0 fully saturated rings. The van der Waals surface area contributed by atoms with Gasteiger partial charge in [0.05, 0.1) is 5.41 Å². The van der Waals surface area contributed by atoms with E-state index < -0.39 is 11.5 Å². The van der Waals surface area contributed by atoms with Crippen LogP contribution in [0.25, 0.3) is 0 Å². The Bertz CT molecular complexity index is 801. The fraction of sp³-hybridized carbons (Fsp3) is 0.743. The molecular formula is C35H57IO2. The van der Waals surface area contributed by atoms with E-state index in [0.29, 0.717) is 9.49 Å². The Morgan fingerprint density at radius 2 is 1.26 bits per heavy atom. The molecule has 0 spiro atoms. The van der Waals surface area contributed by atoms with Gasteiger partial charge in [-0.05, 0) is 23.3 Å². The number of hydrogen-bond donors (Lipinski definition) is 1. The number of allylic oxidation sites excluding steroid dienone is 2. The zero-order valence-corrected chi connectivity index (χ0v) is 27.2. The number of hydrogen-bond acceptors (Lipinski definition) is 2. The molecule has 0 bridgehead atoms. The summed E-state index contributed by atoms with van der Waals surface area (Å²) in [6, 6.07) is 9.47. The Morgan fingerprint density at radius 1 is 0.816 bits per heavy atom. The minimum atomic E-state index is -1.06. The minimum Gasteiger partial charge on any atom is -0.381 e. The lowest BCUT2D eigenvalue weighted by Crippen LogP contribution is -2.50. The molecule has 1 aromatic rings. The van der Waals surface area contributed by atoms with Gasteiger partial charge in [-0.25, -0.2) is 0 Å². The van der Waals surface area contributed by atoms with Crippen molar-refractivity contribution >= 4 is 28.4 Å². The van der Waals surface area contributed by atoms with Crippen LogP contribution < -0.4 is 0 Å². The molecule has 4 unspecified atom stereocenters. The molecule has 1 aromatic carbocycles. The van der Waals surface area contributed by atoms with E-state index in [4.69, 9.17) is 0 Å². The predicted molar refractivity (Wildman–Crippen MR) is 173 cm³/mol. The van der Waals surface area contributed by atoms with Crippen molar-refractivity contribution in [3.05, 3.63) is 48.0 Å². The lowest BCUT2D eigenvalue weighted by molar-refractivity contribution is -0.141. The van der Waals surface area contributed by atoms with Gasteiger partial charge in [0.2, 0.25) is 0 Å². The molecule has 38 heavy (non-hydrogen) atoms. The van der Waals surface area contributed by atoms with Gasteiger partial charge in [-0.2, -0.15) is 0 Å². The first-order valence-electron chi connectivity index (χ1n) is 15.9. The number of aliphatic hydroxyl groups is 1. The lowest BCUT2D eigenvalue weighted by atomic mass is 9.55. The number of carbonyl (C=O) groups is 1. The number of ketones is 1. The van der Waals surface area contributed by atoms with Crippen molar-refractivity contribution in [3.63, 3.8) is 0 Å². The lowest BCUT2D eigenvalue weighted by Gasteiger charge is -2.50. The summed E-state index contributed by atoms with van der Waals surface area (Å²) in [5.41, 5.74) is 0.103. The maximum atomic E-state index is 13.9. The van der Waals surface area contributed by atoms with Gasteiger partial charge in [-0.15, -0.1) is 0 Å². The number of benzene rings is 1. The van der Waals surface area contributed by atoms with Crippen LogP contribution in [-0.2, 0) is 4.79 Å². The minimum absolute atomic E-state index is 0.00354. The molecule has 0 saturated heterocycles. The SMILES string of the molecule is CCCCCCCCCCCCCCCCCCC1(C(=O)C(O)c2ccccc2)C=CC(I)C(C)(C)C1C.